The van der Waals surface area contributed by atoms with E-state index in [1.165, 1.54) is 30.8 Å². The van der Waals surface area contributed by atoms with Crippen LogP contribution in [0, 0.1) is 5.92 Å². The molecule has 1 saturated heterocycles. The first-order chi connectivity index (χ1) is 9.38. The molecule has 0 aromatic carbocycles. The maximum atomic E-state index is 5.69. The number of aryl methyl sites for hydroxylation is 1. The van der Waals surface area contributed by atoms with Crippen LogP contribution in [-0.2, 0) is 16.9 Å². The lowest BCUT2D eigenvalue weighted by Gasteiger charge is -2.30. The molecule has 106 valence electrons. The summed E-state index contributed by atoms with van der Waals surface area (Å²) < 4.78 is 5.69. The Bertz CT molecular complexity index is 389. The van der Waals surface area contributed by atoms with Crippen LogP contribution in [-0.4, -0.2) is 25.5 Å². The second kappa shape index (κ2) is 6.61. The molecule has 1 fully saturated rings. The molecule has 0 radical (unpaired) electrons. The number of hydrogen-bond acceptors (Lipinski definition) is 4. The van der Waals surface area contributed by atoms with Gasteiger partial charge in [-0.05, 0) is 43.2 Å². The number of nitrogens with one attached hydrogen (secondary N) is 1. The summed E-state index contributed by atoms with van der Waals surface area (Å²) >= 11 is 4.12. The van der Waals surface area contributed by atoms with Gasteiger partial charge in [-0.25, -0.2) is 0 Å². The molecule has 0 aliphatic carbocycles. The van der Waals surface area contributed by atoms with Gasteiger partial charge in [-0.15, -0.1) is 11.3 Å². The summed E-state index contributed by atoms with van der Waals surface area (Å²) in [5.41, 5.74) is 1.59. The predicted molar refractivity (Wildman–Crippen MR) is 84.1 cm³/mol. The third-order valence-electron chi connectivity index (χ3n) is 4.04. The summed E-state index contributed by atoms with van der Waals surface area (Å²) in [6, 6.07) is 2.97. The minimum Gasteiger partial charge on any atom is -0.381 e. The largest absolute Gasteiger partial charge is 0.381 e. The molecular weight excluding hydrogens is 274 g/mol. The average Bonchev–Trinajstić information content (AvgIpc) is 2.89. The maximum absolute atomic E-state index is 5.69. The van der Waals surface area contributed by atoms with E-state index in [4.69, 9.17) is 4.74 Å². The van der Waals surface area contributed by atoms with E-state index in [2.05, 4.69) is 30.1 Å². The van der Waals surface area contributed by atoms with Gasteiger partial charge in [0.05, 0.1) is 6.61 Å². The molecule has 0 saturated carbocycles. The molecule has 4 heteroatoms. The summed E-state index contributed by atoms with van der Waals surface area (Å²) in [6.07, 6.45) is 3.78. The van der Waals surface area contributed by atoms with Gasteiger partial charge in [-0.1, -0.05) is 6.92 Å². The Morgan fingerprint density at radius 2 is 2.47 bits per heavy atom. The van der Waals surface area contributed by atoms with Gasteiger partial charge in [0.15, 0.2) is 0 Å². The van der Waals surface area contributed by atoms with Gasteiger partial charge in [-0.2, -0.15) is 11.8 Å². The van der Waals surface area contributed by atoms with Crippen molar-refractivity contribution in [2.45, 2.75) is 38.0 Å². The normalized spacial score (nSPS) is 25.0. The van der Waals surface area contributed by atoms with Crippen molar-refractivity contribution in [2.75, 3.05) is 25.5 Å². The lowest BCUT2D eigenvalue weighted by atomic mass is 9.92. The van der Waals surface area contributed by atoms with Crippen LogP contribution in [0.2, 0.25) is 0 Å². The zero-order chi connectivity index (χ0) is 13.1. The molecule has 2 aliphatic heterocycles. The average molecular weight is 297 g/mol. The monoisotopic (exact) mass is 297 g/mol. The number of thioether (sulfide) groups is 1. The van der Waals surface area contributed by atoms with Crippen LogP contribution in [0.3, 0.4) is 0 Å². The van der Waals surface area contributed by atoms with Gasteiger partial charge < -0.3 is 10.1 Å². The van der Waals surface area contributed by atoms with E-state index in [0.29, 0.717) is 12.0 Å². The van der Waals surface area contributed by atoms with Crippen LogP contribution in [0.1, 0.15) is 41.1 Å². The van der Waals surface area contributed by atoms with Crippen molar-refractivity contribution in [1.82, 2.24) is 5.32 Å². The fraction of sp³-hybridized carbons (Fsp3) is 0.733. The Morgan fingerprint density at radius 3 is 3.21 bits per heavy atom. The Hall–Kier alpha value is -0.0300. The van der Waals surface area contributed by atoms with E-state index in [-0.39, 0.29) is 0 Å². The standard InChI is InChI=1S/C15H23NOS2/c1-2-16-15(11-4-3-6-17-9-11)14-8-12-10-18-7-5-13(12)19-14/h8,11,15-16H,2-7,9-10H2,1H3. The molecule has 19 heavy (non-hydrogen) atoms. The molecule has 1 aromatic rings. The molecule has 3 heterocycles. The van der Waals surface area contributed by atoms with E-state index in [1.54, 1.807) is 15.3 Å². The predicted octanol–water partition coefficient (Wildman–Crippen LogP) is 3.61. The number of ether oxygens (including phenoxy) is 1. The molecule has 0 spiro atoms. The third kappa shape index (κ3) is 3.18. The highest BCUT2D eigenvalue weighted by Crippen LogP contribution is 2.38. The van der Waals surface area contributed by atoms with Crippen molar-refractivity contribution in [2.24, 2.45) is 5.92 Å². The first kappa shape index (κ1) is 13.9. The Kier molecular flexibility index (Phi) is 4.85. The summed E-state index contributed by atoms with van der Waals surface area (Å²) in [7, 11) is 0. The molecule has 1 N–H and O–H groups in total. The number of hydrogen-bond donors (Lipinski definition) is 1. The molecule has 0 bridgehead atoms. The molecular formula is C15H23NOS2. The van der Waals surface area contributed by atoms with Crippen LogP contribution in [0.5, 0.6) is 0 Å². The highest BCUT2D eigenvalue weighted by molar-refractivity contribution is 7.98. The third-order valence-corrected chi connectivity index (χ3v) is 6.37. The van der Waals surface area contributed by atoms with Crippen LogP contribution in [0.25, 0.3) is 0 Å². The SMILES string of the molecule is CCNC(c1cc2c(s1)CCSC2)C1CCCOC1. The summed E-state index contributed by atoms with van der Waals surface area (Å²) in [5.74, 6) is 3.17. The quantitative estimate of drug-likeness (QED) is 0.917. The van der Waals surface area contributed by atoms with E-state index in [0.717, 1.165) is 19.8 Å². The van der Waals surface area contributed by atoms with E-state index < -0.39 is 0 Å². The van der Waals surface area contributed by atoms with Gasteiger partial charge in [-0.3, -0.25) is 0 Å². The zero-order valence-electron chi connectivity index (χ0n) is 11.6. The lowest BCUT2D eigenvalue weighted by molar-refractivity contribution is 0.0398. The van der Waals surface area contributed by atoms with Crippen molar-refractivity contribution in [3.63, 3.8) is 0 Å². The molecule has 2 nitrogen and oxygen atoms in total. The van der Waals surface area contributed by atoms with Crippen molar-refractivity contribution in [3.05, 3.63) is 21.4 Å². The maximum Gasteiger partial charge on any atom is 0.0512 e. The molecule has 1 aromatic heterocycles. The van der Waals surface area contributed by atoms with Crippen LogP contribution >= 0.6 is 23.1 Å². The Balaban J connectivity index is 1.80. The number of rotatable bonds is 4. The highest BCUT2D eigenvalue weighted by atomic mass is 32.2. The van der Waals surface area contributed by atoms with Crippen LogP contribution in [0.4, 0.5) is 0 Å². The fourth-order valence-electron chi connectivity index (χ4n) is 3.07. The van der Waals surface area contributed by atoms with Gasteiger partial charge in [0.25, 0.3) is 0 Å². The zero-order valence-corrected chi connectivity index (χ0v) is 13.2. The minimum absolute atomic E-state index is 0.505. The molecule has 2 unspecified atom stereocenters. The highest BCUT2D eigenvalue weighted by Gasteiger charge is 2.27. The molecule has 3 rings (SSSR count). The lowest BCUT2D eigenvalue weighted by Crippen LogP contribution is -2.32. The van der Waals surface area contributed by atoms with Crippen LogP contribution in [0.15, 0.2) is 6.07 Å². The second-order valence-corrected chi connectivity index (χ2v) is 7.69. The van der Waals surface area contributed by atoms with Gasteiger partial charge in [0, 0.05) is 34.1 Å². The van der Waals surface area contributed by atoms with Crippen molar-refractivity contribution >= 4 is 23.1 Å². The van der Waals surface area contributed by atoms with Crippen molar-refractivity contribution in [1.29, 1.82) is 0 Å². The van der Waals surface area contributed by atoms with Gasteiger partial charge in [0.1, 0.15) is 0 Å². The first-order valence-electron chi connectivity index (χ1n) is 7.39. The Morgan fingerprint density at radius 1 is 1.53 bits per heavy atom. The second-order valence-electron chi connectivity index (χ2n) is 5.41. The van der Waals surface area contributed by atoms with E-state index >= 15 is 0 Å². The topological polar surface area (TPSA) is 21.3 Å². The summed E-state index contributed by atoms with van der Waals surface area (Å²) in [4.78, 5) is 3.18. The fourth-order valence-corrected chi connectivity index (χ4v) is 5.62. The van der Waals surface area contributed by atoms with Gasteiger partial charge >= 0.3 is 0 Å². The smallest absolute Gasteiger partial charge is 0.0512 e. The van der Waals surface area contributed by atoms with Crippen molar-refractivity contribution in [3.8, 4) is 0 Å². The number of fused-ring (bicyclic) bond motifs is 1. The Labute approximate surface area is 124 Å². The molecule has 2 atom stereocenters. The first-order valence-corrected chi connectivity index (χ1v) is 9.36. The van der Waals surface area contributed by atoms with Gasteiger partial charge in [0.2, 0.25) is 0 Å². The summed E-state index contributed by atoms with van der Waals surface area (Å²) in [5, 5.41) is 3.70. The van der Waals surface area contributed by atoms with Crippen molar-refractivity contribution < 1.29 is 4.74 Å². The van der Waals surface area contributed by atoms with E-state index in [1.807, 2.05) is 11.3 Å². The minimum atomic E-state index is 0.505. The molecule has 0 amide bonds. The molecule has 2 aliphatic rings. The van der Waals surface area contributed by atoms with Crippen LogP contribution < -0.4 is 5.32 Å². The number of thiophene rings is 1. The summed E-state index contributed by atoms with van der Waals surface area (Å²) in [6.45, 7) is 5.13. The van der Waals surface area contributed by atoms with E-state index in [9.17, 15) is 0 Å².